The molecule has 2 nitrogen and oxygen atoms in total. The first-order valence-corrected chi connectivity index (χ1v) is 9.54. The molecule has 2 rings (SSSR count). The number of hydrogen-bond acceptors (Lipinski definition) is 2. The van der Waals surface area contributed by atoms with Crippen LogP contribution in [0.3, 0.4) is 0 Å². The maximum Gasteiger partial charge on any atom is 0.0845 e. The molecule has 1 aliphatic carbocycles. The largest absolute Gasteiger partial charge is 0.316 e. The highest BCUT2D eigenvalue weighted by atomic mass is 35.5. The second-order valence-electron chi connectivity index (χ2n) is 7.32. The molecule has 3 heteroatoms. The van der Waals surface area contributed by atoms with Crippen LogP contribution in [-0.4, -0.2) is 13.1 Å². The molecule has 1 aromatic rings. The van der Waals surface area contributed by atoms with Gasteiger partial charge in [-0.05, 0) is 69.5 Å². The number of hydrogen-bond donors (Lipinski definition) is 1. The average Bonchev–Trinajstić information content (AvgIpc) is 2.63. The molecule has 0 saturated heterocycles. The Morgan fingerprint density at radius 1 is 1.16 bits per heavy atom. The van der Waals surface area contributed by atoms with Crippen molar-refractivity contribution in [1.29, 1.82) is 5.26 Å². The van der Waals surface area contributed by atoms with Gasteiger partial charge in [-0.15, -0.1) is 12.4 Å². The first kappa shape index (κ1) is 21.7. The van der Waals surface area contributed by atoms with E-state index in [-0.39, 0.29) is 17.8 Å². The van der Waals surface area contributed by atoms with Crippen LogP contribution in [-0.2, 0) is 5.41 Å². The van der Waals surface area contributed by atoms with Gasteiger partial charge in [0.15, 0.2) is 0 Å². The molecule has 1 aromatic carbocycles. The fraction of sp³-hybridized carbons (Fsp3) is 0.591. The number of nitrogens with one attached hydrogen (secondary N) is 1. The van der Waals surface area contributed by atoms with Crippen LogP contribution in [0.2, 0.25) is 0 Å². The molecule has 1 aliphatic rings. The van der Waals surface area contributed by atoms with Crippen molar-refractivity contribution in [3.05, 3.63) is 47.5 Å². The molecule has 0 aromatic heterocycles. The Kier molecular flexibility index (Phi) is 9.86. The van der Waals surface area contributed by atoms with E-state index >= 15 is 0 Å². The highest BCUT2D eigenvalue weighted by Gasteiger charge is 2.35. The lowest BCUT2D eigenvalue weighted by Crippen LogP contribution is -2.32. The van der Waals surface area contributed by atoms with Crippen LogP contribution in [0.4, 0.5) is 0 Å². The molecule has 1 atom stereocenters. The Labute approximate surface area is 160 Å². The van der Waals surface area contributed by atoms with E-state index in [4.69, 9.17) is 0 Å². The van der Waals surface area contributed by atoms with Crippen molar-refractivity contribution >= 4 is 12.4 Å². The lowest BCUT2D eigenvalue weighted by molar-refractivity contribution is 0.356. The van der Waals surface area contributed by atoms with E-state index in [0.717, 1.165) is 31.5 Å². The maximum atomic E-state index is 9.90. The summed E-state index contributed by atoms with van der Waals surface area (Å²) in [6.45, 7) is 6.40. The van der Waals surface area contributed by atoms with Crippen LogP contribution < -0.4 is 5.32 Å². The Morgan fingerprint density at radius 3 is 2.52 bits per heavy atom. The molecule has 0 heterocycles. The van der Waals surface area contributed by atoms with Crippen molar-refractivity contribution in [2.75, 3.05) is 13.1 Å². The van der Waals surface area contributed by atoms with E-state index in [1.807, 2.05) is 18.2 Å². The Bertz CT molecular complexity index is 559. The molecular weight excluding hydrogens is 328 g/mol. The average molecular weight is 361 g/mol. The van der Waals surface area contributed by atoms with Gasteiger partial charge in [-0.3, -0.25) is 0 Å². The fourth-order valence-corrected chi connectivity index (χ4v) is 3.75. The van der Waals surface area contributed by atoms with Gasteiger partial charge >= 0.3 is 0 Å². The summed E-state index contributed by atoms with van der Waals surface area (Å²) in [4.78, 5) is 0. The number of allylic oxidation sites excluding steroid dienone is 1. The summed E-state index contributed by atoms with van der Waals surface area (Å²) in [7, 11) is 0. The molecule has 0 aliphatic heterocycles. The predicted molar refractivity (Wildman–Crippen MR) is 109 cm³/mol. The summed E-state index contributed by atoms with van der Waals surface area (Å²) < 4.78 is 0. The van der Waals surface area contributed by atoms with Crippen LogP contribution in [0.25, 0.3) is 0 Å². The lowest BCUT2D eigenvalue weighted by atomic mass is 9.70. The summed E-state index contributed by atoms with van der Waals surface area (Å²) in [5.74, 6) is 0.317. The first-order valence-electron chi connectivity index (χ1n) is 9.54. The van der Waals surface area contributed by atoms with Crippen LogP contribution in [0.5, 0.6) is 0 Å². The minimum absolute atomic E-state index is 0. The Balaban J connectivity index is 0.00000312. The second kappa shape index (κ2) is 11.3. The third-order valence-corrected chi connectivity index (χ3v) is 5.41. The summed E-state index contributed by atoms with van der Waals surface area (Å²) in [5, 5.41) is 13.5. The van der Waals surface area contributed by atoms with E-state index < -0.39 is 0 Å². The zero-order chi connectivity index (χ0) is 17.3. The van der Waals surface area contributed by atoms with Crippen LogP contribution in [0.15, 0.2) is 42.0 Å². The smallest absolute Gasteiger partial charge is 0.0845 e. The first-order chi connectivity index (χ1) is 11.7. The minimum Gasteiger partial charge on any atom is -0.316 e. The topological polar surface area (TPSA) is 35.8 Å². The third kappa shape index (κ3) is 6.17. The number of rotatable bonds is 9. The predicted octanol–water partition coefficient (Wildman–Crippen LogP) is 5.79. The highest BCUT2D eigenvalue weighted by Crippen LogP contribution is 2.36. The molecule has 138 valence electrons. The van der Waals surface area contributed by atoms with Crippen LogP contribution in [0, 0.1) is 17.2 Å². The molecule has 25 heavy (non-hydrogen) atoms. The van der Waals surface area contributed by atoms with E-state index in [9.17, 15) is 5.26 Å². The monoisotopic (exact) mass is 360 g/mol. The molecule has 0 radical (unpaired) electrons. The molecule has 0 bridgehead atoms. The standard InChI is InChI=1S/C22H32N2.ClH/c1-19(2)22(18-23,21-12-7-4-8-13-21)15-9-16-24-17-14-20-10-5-3-6-11-20;/h4,7-8,10,12-13,19,24H,3,5-6,9,11,14-17H2,1-2H3;1H. The van der Waals surface area contributed by atoms with Crippen molar-refractivity contribution in [2.45, 2.75) is 64.2 Å². The highest BCUT2D eigenvalue weighted by molar-refractivity contribution is 5.85. The van der Waals surface area contributed by atoms with Gasteiger partial charge in [0, 0.05) is 0 Å². The molecular formula is C22H33ClN2. The van der Waals surface area contributed by atoms with Gasteiger partial charge in [-0.25, -0.2) is 0 Å². The van der Waals surface area contributed by atoms with E-state index in [0.29, 0.717) is 5.92 Å². The van der Waals surface area contributed by atoms with E-state index in [2.05, 4.69) is 43.4 Å². The quantitative estimate of drug-likeness (QED) is 0.447. The zero-order valence-corrected chi connectivity index (χ0v) is 16.6. The van der Waals surface area contributed by atoms with Gasteiger partial charge in [0.2, 0.25) is 0 Å². The van der Waals surface area contributed by atoms with Crippen LogP contribution in [0.1, 0.15) is 64.4 Å². The molecule has 1 unspecified atom stereocenters. The van der Waals surface area contributed by atoms with Gasteiger partial charge in [0.25, 0.3) is 0 Å². The maximum absolute atomic E-state index is 9.90. The van der Waals surface area contributed by atoms with Crippen molar-refractivity contribution in [3.63, 3.8) is 0 Å². The van der Waals surface area contributed by atoms with E-state index in [1.54, 1.807) is 5.57 Å². The fourth-order valence-electron chi connectivity index (χ4n) is 3.75. The Hall–Kier alpha value is -1.30. The molecule has 0 saturated carbocycles. The van der Waals surface area contributed by atoms with Crippen molar-refractivity contribution in [1.82, 2.24) is 5.32 Å². The number of benzene rings is 1. The summed E-state index contributed by atoms with van der Waals surface area (Å²) >= 11 is 0. The van der Waals surface area contributed by atoms with Gasteiger partial charge < -0.3 is 5.32 Å². The third-order valence-electron chi connectivity index (χ3n) is 5.41. The van der Waals surface area contributed by atoms with Gasteiger partial charge in [-0.2, -0.15) is 5.26 Å². The van der Waals surface area contributed by atoms with Gasteiger partial charge in [0.1, 0.15) is 0 Å². The zero-order valence-electron chi connectivity index (χ0n) is 15.8. The summed E-state index contributed by atoms with van der Waals surface area (Å²) in [6, 6.07) is 12.9. The van der Waals surface area contributed by atoms with E-state index in [1.165, 1.54) is 32.1 Å². The van der Waals surface area contributed by atoms with Crippen molar-refractivity contribution < 1.29 is 0 Å². The second-order valence-corrected chi connectivity index (χ2v) is 7.32. The molecule has 0 spiro atoms. The number of nitriles is 1. The van der Waals surface area contributed by atoms with Gasteiger partial charge in [0.05, 0.1) is 11.5 Å². The molecule has 0 fully saturated rings. The SMILES string of the molecule is CC(C)C(C#N)(CCCNCCC1=CCCCC1)c1ccccc1.Cl. The van der Waals surface area contributed by atoms with Gasteiger partial charge in [-0.1, -0.05) is 55.8 Å². The summed E-state index contributed by atoms with van der Waals surface area (Å²) in [6.07, 6.45) is 10.9. The Morgan fingerprint density at radius 2 is 1.92 bits per heavy atom. The lowest BCUT2D eigenvalue weighted by Gasteiger charge is -2.31. The van der Waals surface area contributed by atoms with Crippen molar-refractivity contribution in [3.8, 4) is 6.07 Å². The molecule has 1 N–H and O–H groups in total. The van der Waals surface area contributed by atoms with Crippen LogP contribution >= 0.6 is 12.4 Å². The minimum atomic E-state index is -0.366. The van der Waals surface area contributed by atoms with Crippen molar-refractivity contribution in [2.24, 2.45) is 5.92 Å². The summed E-state index contributed by atoms with van der Waals surface area (Å²) in [5.41, 5.74) is 2.43. The molecule has 0 amide bonds. The number of nitrogens with zero attached hydrogens (tertiary/aromatic N) is 1. The number of halogens is 1. The normalized spacial score (nSPS) is 16.5.